The number of phenols is 1. The van der Waals surface area contributed by atoms with Gasteiger partial charge in [0.1, 0.15) is 5.75 Å². The number of carbonyl (C=O) groups excluding carboxylic acids is 1. The molecule has 2 aromatic rings. The van der Waals surface area contributed by atoms with Crippen molar-refractivity contribution in [2.24, 2.45) is 0 Å². The molecule has 2 aromatic carbocycles. The molecular formula is C18H19NO3. The highest BCUT2D eigenvalue weighted by atomic mass is 16.5. The molecule has 4 heteroatoms. The van der Waals surface area contributed by atoms with E-state index >= 15 is 0 Å². The second-order valence-electron chi connectivity index (χ2n) is 4.51. The van der Waals surface area contributed by atoms with Gasteiger partial charge in [0.2, 0.25) is 0 Å². The van der Waals surface area contributed by atoms with Crippen LogP contribution in [0.5, 0.6) is 5.75 Å². The van der Waals surface area contributed by atoms with Crippen LogP contribution in [0, 0.1) is 11.3 Å². The first kappa shape index (κ1) is 17.3. The maximum Gasteiger partial charge on any atom is 0.338 e. The van der Waals surface area contributed by atoms with Crippen LogP contribution in [0.1, 0.15) is 35.7 Å². The van der Waals surface area contributed by atoms with Crippen LogP contribution in [0.25, 0.3) is 0 Å². The predicted molar refractivity (Wildman–Crippen MR) is 84.5 cm³/mol. The molecule has 0 amide bonds. The monoisotopic (exact) mass is 297 g/mol. The van der Waals surface area contributed by atoms with Gasteiger partial charge in [0.05, 0.1) is 23.8 Å². The number of unbranched alkanes of at least 4 members (excludes halogenated alkanes) is 1. The Morgan fingerprint density at radius 3 is 2.32 bits per heavy atom. The van der Waals surface area contributed by atoms with Crippen LogP contribution < -0.4 is 0 Å². The number of nitrogens with zero attached hydrogens (tertiary/aromatic N) is 1. The van der Waals surface area contributed by atoms with Gasteiger partial charge < -0.3 is 9.84 Å². The first-order valence-corrected chi connectivity index (χ1v) is 7.08. The number of nitriles is 1. The van der Waals surface area contributed by atoms with Gasteiger partial charge in [0, 0.05) is 0 Å². The van der Waals surface area contributed by atoms with Crippen LogP contribution in [0.3, 0.4) is 0 Å². The summed E-state index contributed by atoms with van der Waals surface area (Å²) in [5.41, 5.74) is 1.19. The van der Waals surface area contributed by atoms with Crippen molar-refractivity contribution in [3.63, 3.8) is 0 Å². The Kier molecular flexibility index (Phi) is 7.84. The van der Waals surface area contributed by atoms with E-state index in [1.54, 1.807) is 24.3 Å². The minimum atomic E-state index is -0.228. The van der Waals surface area contributed by atoms with Crippen molar-refractivity contribution in [3.05, 3.63) is 65.7 Å². The second-order valence-corrected chi connectivity index (χ2v) is 4.51. The number of aromatic hydroxyl groups is 1. The molecule has 0 saturated heterocycles. The summed E-state index contributed by atoms with van der Waals surface area (Å²) < 4.78 is 5.03. The fraction of sp³-hybridized carbons (Fsp3) is 0.222. The molecule has 0 fully saturated rings. The van der Waals surface area contributed by atoms with E-state index in [0.29, 0.717) is 17.7 Å². The molecule has 4 nitrogen and oxygen atoms in total. The molecule has 0 aromatic heterocycles. The zero-order chi connectivity index (χ0) is 16.2. The maximum absolute atomic E-state index is 11.3. The lowest BCUT2D eigenvalue weighted by Crippen LogP contribution is -2.05. The van der Waals surface area contributed by atoms with Gasteiger partial charge in [-0.05, 0) is 42.8 Å². The molecule has 0 bridgehead atoms. The van der Waals surface area contributed by atoms with Crippen LogP contribution in [0.15, 0.2) is 54.6 Å². The van der Waals surface area contributed by atoms with Crippen LogP contribution in [-0.2, 0) is 4.74 Å². The van der Waals surface area contributed by atoms with Crippen molar-refractivity contribution < 1.29 is 14.6 Å². The van der Waals surface area contributed by atoms with Crippen molar-refractivity contribution in [1.29, 1.82) is 5.26 Å². The fourth-order valence-electron chi connectivity index (χ4n) is 1.50. The molecule has 0 heterocycles. The van der Waals surface area contributed by atoms with Crippen LogP contribution in [0.2, 0.25) is 0 Å². The fourth-order valence-corrected chi connectivity index (χ4v) is 1.50. The number of hydrogen-bond acceptors (Lipinski definition) is 4. The molecule has 0 unspecified atom stereocenters. The average molecular weight is 297 g/mol. The van der Waals surface area contributed by atoms with Gasteiger partial charge in [-0.1, -0.05) is 31.5 Å². The molecule has 0 aliphatic rings. The molecular weight excluding hydrogens is 278 g/mol. The summed E-state index contributed by atoms with van der Waals surface area (Å²) in [7, 11) is 0. The standard InChI is InChI=1S/C11H14O2.C7H5NO/c1-2-3-9-13-11(12)10-7-5-4-6-8-10;8-5-6-1-3-7(9)4-2-6/h4-8H,2-3,9H2,1H3;1-4,9H. The van der Waals surface area contributed by atoms with Crippen molar-refractivity contribution in [3.8, 4) is 11.8 Å². The van der Waals surface area contributed by atoms with Gasteiger partial charge in [0.25, 0.3) is 0 Å². The second kappa shape index (κ2) is 10.0. The molecule has 114 valence electrons. The van der Waals surface area contributed by atoms with Gasteiger partial charge in [0.15, 0.2) is 0 Å². The number of benzene rings is 2. The number of hydrogen-bond donors (Lipinski definition) is 1. The van der Waals surface area contributed by atoms with Crippen molar-refractivity contribution >= 4 is 5.97 Å². The Morgan fingerprint density at radius 2 is 1.77 bits per heavy atom. The number of esters is 1. The molecule has 0 spiro atoms. The summed E-state index contributed by atoms with van der Waals surface area (Å²) in [6, 6.07) is 17.1. The molecule has 0 radical (unpaired) electrons. The van der Waals surface area contributed by atoms with E-state index in [2.05, 4.69) is 6.92 Å². The van der Waals surface area contributed by atoms with E-state index in [0.717, 1.165) is 12.8 Å². The summed E-state index contributed by atoms with van der Waals surface area (Å²) in [4.78, 5) is 11.3. The quantitative estimate of drug-likeness (QED) is 0.686. The maximum atomic E-state index is 11.3. The number of carbonyl (C=O) groups is 1. The number of ether oxygens (including phenoxy) is 1. The van der Waals surface area contributed by atoms with Crippen LogP contribution in [0.4, 0.5) is 0 Å². The summed E-state index contributed by atoms with van der Waals surface area (Å²) >= 11 is 0. The molecule has 0 aliphatic heterocycles. The van der Waals surface area contributed by atoms with E-state index in [1.807, 2.05) is 24.3 Å². The van der Waals surface area contributed by atoms with Crippen molar-refractivity contribution in [2.75, 3.05) is 6.61 Å². The van der Waals surface area contributed by atoms with Crippen molar-refractivity contribution in [1.82, 2.24) is 0 Å². The average Bonchev–Trinajstić information content (AvgIpc) is 2.57. The Morgan fingerprint density at radius 1 is 1.14 bits per heavy atom. The molecule has 0 atom stereocenters. The third-order valence-electron chi connectivity index (χ3n) is 2.74. The molecule has 2 rings (SSSR count). The Hall–Kier alpha value is -2.80. The van der Waals surface area contributed by atoms with E-state index in [4.69, 9.17) is 15.1 Å². The Balaban J connectivity index is 0.000000235. The summed E-state index contributed by atoms with van der Waals surface area (Å²) in [5, 5.41) is 17.0. The highest BCUT2D eigenvalue weighted by molar-refractivity contribution is 5.89. The van der Waals surface area contributed by atoms with E-state index in [9.17, 15) is 4.79 Å². The smallest absolute Gasteiger partial charge is 0.338 e. The highest BCUT2D eigenvalue weighted by Gasteiger charge is 2.03. The predicted octanol–water partition coefficient (Wildman–Crippen LogP) is 3.91. The van der Waals surface area contributed by atoms with Crippen LogP contribution in [-0.4, -0.2) is 17.7 Å². The van der Waals surface area contributed by atoms with Crippen LogP contribution >= 0.6 is 0 Å². The lowest BCUT2D eigenvalue weighted by atomic mass is 10.2. The zero-order valence-corrected chi connectivity index (χ0v) is 12.5. The Bertz CT molecular complexity index is 600. The molecule has 0 saturated carbocycles. The molecule has 1 N–H and O–H groups in total. The summed E-state index contributed by atoms with van der Waals surface area (Å²) in [5.74, 6) is -0.0388. The first-order chi connectivity index (χ1) is 10.7. The lowest BCUT2D eigenvalue weighted by Gasteiger charge is -2.02. The third-order valence-corrected chi connectivity index (χ3v) is 2.74. The first-order valence-electron chi connectivity index (χ1n) is 7.08. The van der Waals surface area contributed by atoms with Gasteiger partial charge >= 0.3 is 5.97 Å². The summed E-state index contributed by atoms with van der Waals surface area (Å²) in [6.07, 6.45) is 1.97. The minimum absolute atomic E-state index is 0.189. The lowest BCUT2D eigenvalue weighted by molar-refractivity contribution is 0.0499. The molecule has 22 heavy (non-hydrogen) atoms. The van der Waals surface area contributed by atoms with Crippen molar-refractivity contribution in [2.45, 2.75) is 19.8 Å². The van der Waals surface area contributed by atoms with Gasteiger partial charge in [-0.25, -0.2) is 4.79 Å². The highest BCUT2D eigenvalue weighted by Crippen LogP contribution is 2.07. The normalized spacial score (nSPS) is 9.09. The minimum Gasteiger partial charge on any atom is -0.508 e. The SMILES string of the molecule is CCCCOC(=O)c1ccccc1.N#Cc1ccc(O)cc1. The van der Waals surface area contributed by atoms with E-state index < -0.39 is 0 Å². The topological polar surface area (TPSA) is 70.3 Å². The van der Waals surface area contributed by atoms with Gasteiger partial charge in [-0.15, -0.1) is 0 Å². The number of phenolic OH excluding ortho intramolecular Hbond substituents is 1. The third kappa shape index (κ3) is 6.58. The van der Waals surface area contributed by atoms with Gasteiger partial charge in [-0.3, -0.25) is 0 Å². The number of rotatable bonds is 4. The van der Waals surface area contributed by atoms with E-state index in [1.165, 1.54) is 12.1 Å². The van der Waals surface area contributed by atoms with E-state index in [-0.39, 0.29) is 11.7 Å². The molecule has 0 aliphatic carbocycles. The Labute approximate surface area is 130 Å². The zero-order valence-electron chi connectivity index (χ0n) is 12.5. The summed E-state index contributed by atoms with van der Waals surface area (Å²) in [6.45, 7) is 2.58. The largest absolute Gasteiger partial charge is 0.508 e. The van der Waals surface area contributed by atoms with Gasteiger partial charge in [-0.2, -0.15) is 5.26 Å².